The van der Waals surface area contributed by atoms with E-state index in [1.54, 1.807) is 0 Å². The second kappa shape index (κ2) is 3.80. The standard InChI is InChI=1S/C13H15N3O2/c1-6-4-9(6)12-15-16-13(18-12)11-7(2)10(5-17)8(3)14-11/h5-6,9,14H,4H2,1-3H3. The predicted octanol–water partition coefficient (Wildman–Crippen LogP) is 2.62. The van der Waals surface area contributed by atoms with Gasteiger partial charge >= 0.3 is 0 Å². The third-order valence-electron chi connectivity index (χ3n) is 3.69. The molecule has 1 fully saturated rings. The minimum Gasteiger partial charge on any atom is -0.419 e. The number of rotatable bonds is 3. The number of carbonyl (C=O) groups excluding carboxylic acids is 1. The van der Waals surface area contributed by atoms with E-state index >= 15 is 0 Å². The highest BCUT2D eigenvalue weighted by Crippen LogP contribution is 2.46. The van der Waals surface area contributed by atoms with Gasteiger partial charge < -0.3 is 9.40 Å². The fraction of sp³-hybridized carbons (Fsp3) is 0.462. The molecule has 0 saturated heterocycles. The highest BCUT2D eigenvalue weighted by molar-refractivity contribution is 5.82. The lowest BCUT2D eigenvalue weighted by Crippen LogP contribution is -1.83. The third-order valence-corrected chi connectivity index (χ3v) is 3.69. The molecule has 2 aromatic heterocycles. The van der Waals surface area contributed by atoms with E-state index < -0.39 is 0 Å². The Morgan fingerprint density at radius 1 is 1.39 bits per heavy atom. The molecule has 3 rings (SSSR count). The minimum absolute atomic E-state index is 0.410. The Hall–Kier alpha value is -1.91. The zero-order valence-electron chi connectivity index (χ0n) is 10.7. The van der Waals surface area contributed by atoms with Crippen molar-refractivity contribution in [2.45, 2.75) is 33.1 Å². The summed E-state index contributed by atoms with van der Waals surface area (Å²) in [5, 5.41) is 8.15. The van der Waals surface area contributed by atoms with Crippen LogP contribution in [0.4, 0.5) is 0 Å². The summed E-state index contributed by atoms with van der Waals surface area (Å²) in [6, 6.07) is 0. The van der Waals surface area contributed by atoms with E-state index in [1.165, 1.54) is 0 Å². The first kappa shape index (κ1) is 11.2. The van der Waals surface area contributed by atoms with Crippen molar-refractivity contribution >= 4 is 6.29 Å². The molecule has 1 aliphatic carbocycles. The molecule has 2 atom stereocenters. The summed E-state index contributed by atoms with van der Waals surface area (Å²) < 4.78 is 5.69. The van der Waals surface area contributed by atoms with Crippen LogP contribution in [0, 0.1) is 19.8 Å². The van der Waals surface area contributed by atoms with E-state index in [9.17, 15) is 4.79 Å². The zero-order valence-corrected chi connectivity index (χ0v) is 10.7. The van der Waals surface area contributed by atoms with E-state index in [4.69, 9.17) is 4.42 Å². The quantitative estimate of drug-likeness (QED) is 0.844. The molecule has 0 bridgehead atoms. The largest absolute Gasteiger partial charge is 0.419 e. The van der Waals surface area contributed by atoms with Crippen LogP contribution in [-0.4, -0.2) is 21.5 Å². The minimum atomic E-state index is 0.410. The van der Waals surface area contributed by atoms with Gasteiger partial charge in [0.15, 0.2) is 6.29 Å². The summed E-state index contributed by atoms with van der Waals surface area (Å²) >= 11 is 0. The fourth-order valence-electron chi connectivity index (χ4n) is 2.31. The summed E-state index contributed by atoms with van der Waals surface area (Å²) in [6.07, 6.45) is 1.97. The lowest BCUT2D eigenvalue weighted by atomic mass is 10.1. The van der Waals surface area contributed by atoms with E-state index in [2.05, 4.69) is 22.1 Å². The molecular weight excluding hydrogens is 230 g/mol. The molecule has 2 heterocycles. The highest BCUT2D eigenvalue weighted by atomic mass is 16.4. The Bertz CT molecular complexity index is 612. The molecule has 18 heavy (non-hydrogen) atoms. The number of aromatic amines is 1. The molecular formula is C13H15N3O2. The first-order valence-corrected chi connectivity index (χ1v) is 6.10. The van der Waals surface area contributed by atoms with Gasteiger partial charge in [0.25, 0.3) is 5.89 Å². The first-order valence-electron chi connectivity index (χ1n) is 6.10. The molecule has 1 N–H and O–H groups in total. The van der Waals surface area contributed by atoms with E-state index in [1.807, 2.05) is 13.8 Å². The van der Waals surface area contributed by atoms with Crippen molar-refractivity contribution in [2.24, 2.45) is 5.92 Å². The SMILES string of the molecule is Cc1[nH]c(-c2nnc(C3CC3C)o2)c(C)c1C=O. The van der Waals surface area contributed by atoms with Crippen LogP contribution in [0.25, 0.3) is 11.6 Å². The number of aromatic nitrogens is 3. The Kier molecular flexibility index (Phi) is 2.36. The number of aryl methyl sites for hydroxylation is 1. The smallest absolute Gasteiger partial charge is 0.264 e. The van der Waals surface area contributed by atoms with Crippen molar-refractivity contribution in [3.8, 4) is 11.6 Å². The van der Waals surface area contributed by atoms with Gasteiger partial charge in [-0.25, -0.2) is 0 Å². The van der Waals surface area contributed by atoms with E-state index in [0.29, 0.717) is 29.2 Å². The van der Waals surface area contributed by atoms with Gasteiger partial charge in [0, 0.05) is 17.2 Å². The molecule has 1 aliphatic rings. The zero-order chi connectivity index (χ0) is 12.9. The van der Waals surface area contributed by atoms with Crippen LogP contribution < -0.4 is 0 Å². The molecule has 5 heteroatoms. The third kappa shape index (κ3) is 1.58. The number of hydrogen-bond acceptors (Lipinski definition) is 4. The summed E-state index contributed by atoms with van der Waals surface area (Å²) in [5.41, 5.74) is 3.12. The summed E-state index contributed by atoms with van der Waals surface area (Å²) in [4.78, 5) is 14.1. The van der Waals surface area contributed by atoms with Gasteiger partial charge in [0.2, 0.25) is 5.89 Å². The van der Waals surface area contributed by atoms with Crippen molar-refractivity contribution in [1.82, 2.24) is 15.2 Å². The normalized spacial score (nSPS) is 22.2. The number of aldehydes is 1. The van der Waals surface area contributed by atoms with Crippen LogP contribution in [0.2, 0.25) is 0 Å². The average Bonchev–Trinajstić information content (AvgIpc) is 2.78. The summed E-state index contributed by atoms with van der Waals surface area (Å²) in [5.74, 6) is 2.22. The van der Waals surface area contributed by atoms with Crippen molar-refractivity contribution in [2.75, 3.05) is 0 Å². The second-order valence-electron chi connectivity index (χ2n) is 5.05. The number of nitrogens with zero attached hydrogens (tertiary/aromatic N) is 2. The van der Waals surface area contributed by atoms with Gasteiger partial charge in [-0.05, 0) is 31.7 Å². The molecule has 0 spiro atoms. The molecule has 0 aliphatic heterocycles. The van der Waals surface area contributed by atoms with Crippen LogP contribution in [0.15, 0.2) is 4.42 Å². The molecule has 2 aromatic rings. The Morgan fingerprint density at radius 3 is 2.67 bits per heavy atom. The Balaban J connectivity index is 1.99. The van der Waals surface area contributed by atoms with Gasteiger partial charge in [0.05, 0.1) is 0 Å². The fourth-order valence-corrected chi connectivity index (χ4v) is 2.31. The van der Waals surface area contributed by atoms with Crippen LogP contribution in [0.1, 0.15) is 46.8 Å². The first-order chi connectivity index (χ1) is 8.61. The average molecular weight is 245 g/mol. The molecule has 1 saturated carbocycles. The van der Waals surface area contributed by atoms with Crippen LogP contribution in [0.3, 0.4) is 0 Å². The van der Waals surface area contributed by atoms with Gasteiger partial charge in [-0.1, -0.05) is 6.92 Å². The van der Waals surface area contributed by atoms with Crippen LogP contribution in [-0.2, 0) is 0 Å². The van der Waals surface area contributed by atoms with Crippen molar-refractivity contribution < 1.29 is 9.21 Å². The predicted molar refractivity (Wildman–Crippen MR) is 65.5 cm³/mol. The Labute approximate surface area is 105 Å². The highest BCUT2D eigenvalue weighted by Gasteiger charge is 2.39. The number of hydrogen-bond donors (Lipinski definition) is 1. The maximum absolute atomic E-state index is 11.0. The summed E-state index contributed by atoms with van der Waals surface area (Å²) in [7, 11) is 0. The lowest BCUT2D eigenvalue weighted by molar-refractivity contribution is 0.112. The number of H-pyrrole nitrogens is 1. The van der Waals surface area contributed by atoms with Crippen molar-refractivity contribution in [3.63, 3.8) is 0 Å². The summed E-state index contributed by atoms with van der Waals surface area (Å²) in [6.45, 7) is 5.91. The van der Waals surface area contributed by atoms with Crippen LogP contribution in [0.5, 0.6) is 0 Å². The topological polar surface area (TPSA) is 71.8 Å². The molecule has 0 radical (unpaired) electrons. The monoisotopic (exact) mass is 245 g/mol. The van der Waals surface area contributed by atoms with Crippen molar-refractivity contribution in [3.05, 3.63) is 22.7 Å². The molecule has 0 amide bonds. The number of nitrogens with one attached hydrogen (secondary N) is 1. The molecule has 5 nitrogen and oxygen atoms in total. The van der Waals surface area contributed by atoms with Gasteiger partial charge in [0.1, 0.15) is 5.69 Å². The Morgan fingerprint density at radius 2 is 2.11 bits per heavy atom. The van der Waals surface area contributed by atoms with Gasteiger partial charge in [-0.15, -0.1) is 10.2 Å². The maximum Gasteiger partial charge on any atom is 0.264 e. The maximum atomic E-state index is 11.0. The van der Waals surface area contributed by atoms with E-state index in [0.717, 1.165) is 29.7 Å². The van der Waals surface area contributed by atoms with Crippen molar-refractivity contribution in [1.29, 1.82) is 0 Å². The van der Waals surface area contributed by atoms with Gasteiger partial charge in [-0.3, -0.25) is 4.79 Å². The number of carbonyl (C=O) groups is 1. The van der Waals surface area contributed by atoms with E-state index in [-0.39, 0.29) is 0 Å². The lowest BCUT2D eigenvalue weighted by Gasteiger charge is -1.92. The molecule has 0 aromatic carbocycles. The second-order valence-corrected chi connectivity index (χ2v) is 5.05. The van der Waals surface area contributed by atoms with Gasteiger partial charge in [-0.2, -0.15) is 0 Å². The molecule has 94 valence electrons. The van der Waals surface area contributed by atoms with Crippen LogP contribution >= 0.6 is 0 Å². The molecule has 2 unspecified atom stereocenters.